The molecule has 0 unspecified atom stereocenters. The van der Waals surface area contributed by atoms with E-state index in [-0.39, 0.29) is 12.4 Å². The summed E-state index contributed by atoms with van der Waals surface area (Å²) in [6.45, 7) is 1.24. The molecule has 1 aromatic rings. The predicted molar refractivity (Wildman–Crippen MR) is 64.6 cm³/mol. The van der Waals surface area contributed by atoms with Crippen molar-refractivity contribution in [2.24, 2.45) is 0 Å². The largest absolute Gasteiger partial charge is 0.496 e. The van der Waals surface area contributed by atoms with Gasteiger partial charge in [-0.3, -0.25) is 4.79 Å². The van der Waals surface area contributed by atoms with Gasteiger partial charge in [0.05, 0.1) is 12.7 Å². The Balaban J connectivity index is 2.41. The molecule has 0 atom stereocenters. The second-order valence-electron chi connectivity index (χ2n) is 3.52. The van der Waals surface area contributed by atoms with E-state index in [4.69, 9.17) is 14.2 Å². The van der Waals surface area contributed by atoms with Crippen LogP contribution < -0.4 is 4.74 Å². The van der Waals surface area contributed by atoms with Crippen LogP contribution in [0.5, 0.6) is 5.75 Å². The summed E-state index contributed by atoms with van der Waals surface area (Å²) in [5, 5.41) is 0. The van der Waals surface area contributed by atoms with E-state index in [1.807, 2.05) is 6.07 Å². The predicted octanol–water partition coefficient (Wildman–Crippen LogP) is 1.93. The molecular formula is C13H18O4. The summed E-state index contributed by atoms with van der Waals surface area (Å²) in [4.78, 5) is 11.8. The number of para-hydroxylation sites is 1. The maximum absolute atomic E-state index is 11.8. The van der Waals surface area contributed by atoms with Crippen LogP contribution in [0.25, 0.3) is 0 Å². The summed E-state index contributed by atoms with van der Waals surface area (Å²) in [5.74, 6) is 0.512. The van der Waals surface area contributed by atoms with Crippen LogP contribution in [0.1, 0.15) is 16.8 Å². The third kappa shape index (κ3) is 4.54. The van der Waals surface area contributed by atoms with Gasteiger partial charge in [0.25, 0.3) is 0 Å². The fraction of sp³-hybridized carbons (Fsp3) is 0.462. The lowest BCUT2D eigenvalue weighted by Gasteiger charge is -2.07. The molecule has 17 heavy (non-hydrogen) atoms. The standard InChI is InChI=1S/C13H18O4/c1-15-8-5-9-17-10-12(14)11-6-3-4-7-13(11)16-2/h3-4,6-7H,5,8-10H2,1-2H3. The molecule has 0 amide bonds. The average molecular weight is 238 g/mol. The van der Waals surface area contributed by atoms with Crippen LogP contribution >= 0.6 is 0 Å². The van der Waals surface area contributed by atoms with Gasteiger partial charge in [-0.05, 0) is 18.6 Å². The Morgan fingerprint density at radius 2 is 1.94 bits per heavy atom. The highest BCUT2D eigenvalue weighted by Gasteiger charge is 2.10. The Morgan fingerprint density at radius 1 is 1.18 bits per heavy atom. The molecule has 4 heteroatoms. The van der Waals surface area contributed by atoms with Crippen LogP contribution in [0.4, 0.5) is 0 Å². The maximum atomic E-state index is 11.8. The maximum Gasteiger partial charge on any atom is 0.192 e. The Labute approximate surface area is 101 Å². The number of ether oxygens (including phenoxy) is 3. The van der Waals surface area contributed by atoms with Crippen molar-refractivity contribution in [3.63, 3.8) is 0 Å². The van der Waals surface area contributed by atoms with Gasteiger partial charge in [0, 0.05) is 20.3 Å². The second kappa shape index (κ2) is 7.81. The smallest absolute Gasteiger partial charge is 0.192 e. The number of methoxy groups -OCH3 is 2. The molecule has 0 heterocycles. The lowest BCUT2D eigenvalue weighted by atomic mass is 10.1. The molecule has 0 saturated carbocycles. The Bertz CT molecular complexity index is 349. The topological polar surface area (TPSA) is 44.8 Å². The first-order valence-electron chi connectivity index (χ1n) is 5.52. The Morgan fingerprint density at radius 3 is 2.65 bits per heavy atom. The van der Waals surface area contributed by atoms with Gasteiger partial charge in [-0.15, -0.1) is 0 Å². The van der Waals surface area contributed by atoms with E-state index < -0.39 is 0 Å². The first-order chi connectivity index (χ1) is 8.29. The van der Waals surface area contributed by atoms with Crippen molar-refractivity contribution in [1.29, 1.82) is 0 Å². The Kier molecular flexibility index (Phi) is 6.29. The van der Waals surface area contributed by atoms with Crippen LogP contribution in [0, 0.1) is 0 Å². The van der Waals surface area contributed by atoms with Crippen molar-refractivity contribution in [2.75, 3.05) is 34.0 Å². The summed E-state index contributed by atoms with van der Waals surface area (Å²) < 4.78 is 15.3. The molecule has 1 aromatic carbocycles. The monoisotopic (exact) mass is 238 g/mol. The molecule has 1 rings (SSSR count). The first kappa shape index (κ1) is 13.7. The molecule has 0 N–H and O–H groups in total. The zero-order chi connectivity index (χ0) is 12.5. The summed E-state index contributed by atoms with van der Waals surface area (Å²) in [6.07, 6.45) is 0.787. The van der Waals surface area contributed by atoms with E-state index in [0.29, 0.717) is 24.5 Å². The zero-order valence-corrected chi connectivity index (χ0v) is 10.3. The number of Topliss-reactive ketones (excluding diaryl/α,β-unsaturated/α-hetero) is 1. The van der Waals surface area contributed by atoms with Crippen molar-refractivity contribution >= 4 is 5.78 Å². The highest BCUT2D eigenvalue weighted by Crippen LogP contribution is 2.17. The summed E-state index contributed by atoms with van der Waals surface area (Å²) in [5.41, 5.74) is 0.557. The zero-order valence-electron chi connectivity index (χ0n) is 10.3. The number of ketones is 1. The third-order valence-corrected chi connectivity index (χ3v) is 2.28. The molecule has 0 aliphatic rings. The highest BCUT2D eigenvalue weighted by atomic mass is 16.5. The second-order valence-corrected chi connectivity index (χ2v) is 3.52. The molecule has 0 aromatic heterocycles. The lowest BCUT2D eigenvalue weighted by Crippen LogP contribution is -2.11. The van der Waals surface area contributed by atoms with Gasteiger partial charge in [0.15, 0.2) is 5.78 Å². The molecule has 0 aliphatic carbocycles. The minimum Gasteiger partial charge on any atom is -0.496 e. The fourth-order valence-corrected chi connectivity index (χ4v) is 1.42. The number of hydrogen-bond acceptors (Lipinski definition) is 4. The number of carbonyl (C=O) groups excluding carboxylic acids is 1. The van der Waals surface area contributed by atoms with E-state index >= 15 is 0 Å². The van der Waals surface area contributed by atoms with Crippen LogP contribution in [-0.4, -0.2) is 39.8 Å². The molecule has 0 saturated heterocycles. The van der Waals surface area contributed by atoms with E-state index in [0.717, 1.165) is 6.42 Å². The molecule has 4 nitrogen and oxygen atoms in total. The van der Waals surface area contributed by atoms with Crippen molar-refractivity contribution < 1.29 is 19.0 Å². The number of carbonyl (C=O) groups is 1. The van der Waals surface area contributed by atoms with Gasteiger partial charge in [-0.25, -0.2) is 0 Å². The van der Waals surface area contributed by atoms with Crippen molar-refractivity contribution in [2.45, 2.75) is 6.42 Å². The Hall–Kier alpha value is -1.39. The van der Waals surface area contributed by atoms with Crippen LogP contribution in [-0.2, 0) is 9.47 Å². The molecule has 0 aliphatic heterocycles. The molecule has 94 valence electrons. The number of hydrogen-bond donors (Lipinski definition) is 0. The quantitative estimate of drug-likeness (QED) is 0.513. The van der Waals surface area contributed by atoms with Gasteiger partial charge in [0.1, 0.15) is 12.4 Å². The highest BCUT2D eigenvalue weighted by molar-refractivity contribution is 5.99. The van der Waals surface area contributed by atoms with Crippen LogP contribution in [0.3, 0.4) is 0 Å². The summed E-state index contributed by atoms with van der Waals surface area (Å²) in [6, 6.07) is 7.13. The molecule has 0 radical (unpaired) electrons. The number of benzene rings is 1. The SMILES string of the molecule is COCCCOCC(=O)c1ccccc1OC. The van der Waals surface area contributed by atoms with Crippen molar-refractivity contribution in [3.8, 4) is 5.75 Å². The van der Waals surface area contributed by atoms with Gasteiger partial charge < -0.3 is 14.2 Å². The van der Waals surface area contributed by atoms with Gasteiger partial charge in [-0.2, -0.15) is 0 Å². The van der Waals surface area contributed by atoms with Crippen LogP contribution in [0.15, 0.2) is 24.3 Å². The minimum absolute atomic E-state index is 0.0696. The van der Waals surface area contributed by atoms with Crippen molar-refractivity contribution in [1.82, 2.24) is 0 Å². The van der Waals surface area contributed by atoms with E-state index in [9.17, 15) is 4.79 Å². The third-order valence-electron chi connectivity index (χ3n) is 2.28. The summed E-state index contributed by atoms with van der Waals surface area (Å²) >= 11 is 0. The molecule has 0 bridgehead atoms. The number of rotatable bonds is 8. The van der Waals surface area contributed by atoms with Gasteiger partial charge in [0.2, 0.25) is 0 Å². The van der Waals surface area contributed by atoms with Crippen molar-refractivity contribution in [3.05, 3.63) is 29.8 Å². The van der Waals surface area contributed by atoms with E-state index in [1.165, 1.54) is 0 Å². The minimum atomic E-state index is -0.0696. The van der Waals surface area contributed by atoms with Gasteiger partial charge in [-0.1, -0.05) is 12.1 Å². The summed E-state index contributed by atoms with van der Waals surface area (Å²) in [7, 11) is 3.19. The molecule has 0 fully saturated rings. The first-order valence-corrected chi connectivity index (χ1v) is 5.52. The normalized spacial score (nSPS) is 10.2. The molecule has 0 spiro atoms. The van der Waals surface area contributed by atoms with E-state index in [2.05, 4.69) is 0 Å². The van der Waals surface area contributed by atoms with Crippen LogP contribution in [0.2, 0.25) is 0 Å². The average Bonchev–Trinajstić information content (AvgIpc) is 2.38. The van der Waals surface area contributed by atoms with Gasteiger partial charge >= 0.3 is 0 Å². The fourth-order valence-electron chi connectivity index (χ4n) is 1.42. The lowest BCUT2D eigenvalue weighted by molar-refractivity contribution is 0.0702. The molecular weight excluding hydrogens is 220 g/mol. The van der Waals surface area contributed by atoms with E-state index in [1.54, 1.807) is 32.4 Å².